The van der Waals surface area contributed by atoms with Crippen molar-refractivity contribution in [2.24, 2.45) is 7.05 Å². The minimum Gasteiger partial charge on any atom is -0.491 e. The molecule has 0 fully saturated rings. The molecule has 6 heteroatoms. The number of anilines is 1. The maximum atomic E-state index is 12.1. The third-order valence-electron chi connectivity index (χ3n) is 2.76. The molecule has 2 aromatic rings. The number of nitrogens with zero attached hydrogens (tertiary/aromatic N) is 1. The molecular weight excluding hydrogens is 280 g/mol. The Hall–Kier alpha value is -2.27. The summed E-state index contributed by atoms with van der Waals surface area (Å²) < 4.78 is 6.45. The molecule has 1 N–H and O–H groups in total. The second kappa shape index (κ2) is 5.79. The lowest BCUT2D eigenvalue weighted by Crippen LogP contribution is -2.21. The molecule has 0 aliphatic rings. The number of nitrogens with one attached hydrogen (secondary N) is 1. The molecule has 5 nitrogen and oxygen atoms in total. The van der Waals surface area contributed by atoms with Gasteiger partial charge in [-0.15, -0.1) is 0 Å². The molecule has 0 saturated carbocycles. The summed E-state index contributed by atoms with van der Waals surface area (Å²) in [6, 6.07) is 7.95. The van der Waals surface area contributed by atoms with Gasteiger partial charge in [-0.1, -0.05) is 11.6 Å². The SMILES string of the molecule is COc1cn(C)c(C(=O)Nc2ccc(Cl)cc2)cc1=O. The minimum absolute atomic E-state index is 0.190. The largest absolute Gasteiger partial charge is 0.491 e. The molecule has 1 amide bonds. The normalized spacial score (nSPS) is 10.2. The number of amides is 1. The summed E-state index contributed by atoms with van der Waals surface area (Å²) in [6.07, 6.45) is 1.47. The number of rotatable bonds is 3. The average Bonchev–Trinajstić information content (AvgIpc) is 2.43. The predicted molar refractivity (Wildman–Crippen MR) is 77.6 cm³/mol. The molecule has 0 atom stereocenters. The van der Waals surface area contributed by atoms with Crippen molar-refractivity contribution in [2.45, 2.75) is 0 Å². The van der Waals surface area contributed by atoms with Crippen molar-refractivity contribution < 1.29 is 9.53 Å². The fraction of sp³-hybridized carbons (Fsp3) is 0.143. The van der Waals surface area contributed by atoms with Crippen LogP contribution >= 0.6 is 11.6 Å². The number of hydrogen-bond acceptors (Lipinski definition) is 3. The Labute approximate surface area is 120 Å². The smallest absolute Gasteiger partial charge is 0.272 e. The zero-order valence-corrected chi connectivity index (χ0v) is 11.8. The van der Waals surface area contributed by atoms with Crippen LogP contribution in [0.15, 0.2) is 41.3 Å². The number of pyridine rings is 1. The zero-order valence-electron chi connectivity index (χ0n) is 11.0. The molecule has 0 unspecified atom stereocenters. The molecule has 0 saturated heterocycles. The fourth-order valence-corrected chi connectivity index (χ4v) is 1.84. The van der Waals surface area contributed by atoms with E-state index in [1.165, 1.54) is 23.9 Å². The summed E-state index contributed by atoms with van der Waals surface area (Å²) >= 11 is 5.77. The summed E-state index contributed by atoms with van der Waals surface area (Å²) in [5, 5.41) is 3.28. The molecule has 0 bridgehead atoms. The Bertz CT molecular complexity index is 693. The van der Waals surface area contributed by atoms with Crippen LogP contribution < -0.4 is 15.5 Å². The number of benzene rings is 1. The lowest BCUT2D eigenvalue weighted by molar-refractivity contribution is 0.101. The molecule has 0 spiro atoms. The van der Waals surface area contributed by atoms with Crippen LogP contribution in [0.2, 0.25) is 5.02 Å². The van der Waals surface area contributed by atoms with Gasteiger partial charge in [0.25, 0.3) is 5.91 Å². The summed E-state index contributed by atoms with van der Waals surface area (Å²) in [5.41, 5.74) is 0.500. The third kappa shape index (κ3) is 3.00. The summed E-state index contributed by atoms with van der Waals surface area (Å²) in [5.74, 6) is -0.190. The molecule has 2 rings (SSSR count). The van der Waals surface area contributed by atoms with E-state index in [9.17, 15) is 9.59 Å². The topological polar surface area (TPSA) is 60.3 Å². The second-order valence-electron chi connectivity index (χ2n) is 4.16. The van der Waals surface area contributed by atoms with Crippen LogP contribution in [0.4, 0.5) is 5.69 Å². The number of halogens is 1. The number of aromatic nitrogens is 1. The van der Waals surface area contributed by atoms with E-state index in [1.807, 2.05) is 0 Å². The van der Waals surface area contributed by atoms with Crippen LogP contribution in [0.1, 0.15) is 10.5 Å². The van der Waals surface area contributed by atoms with Crippen LogP contribution in [0.5, 0.6) is 5.75 Å². The molecule has 0 aliphatic heterocycles. The quantitative estimate of drug-likeness (QED) is 0.944. The highest BCUT2D eigenvalue weighted by molar-refractivity contribution is 6.30. The van der Waals surface area contributed by atoms with Crippen molar-refractivity contribution in [1.29, 1.82) is 0 Å². The lowest BCUT2D eigenvalue weighted by atomic mass is 10.2. The number of aryl methyl sites for hydroxylation is 1. The second-order valence-corrected chi connectivity index (χ2v) is 4.60. The highest BCUT2D eigenvalue weighted by Gasteiger charge is 2.12. The van der Waals surface area contributed by atoms with Crippen LogP contribution in [-0.2, 0) is 7.05 Å². The van der Waals surface area contributed by atoms with Crippen molar-refractivity contribution in [3.63, 3.8) is 0 Å². The molecule has 104 valence electrons. The van der Waals surface area contributed by atoms with Crippen molar-refractivity contribution in [3.8, 4) is 5.75 Å². The van der Waals surface area contributed by atoms with E-state index in [4.69, 9.17) is 16.3 Å². The van der Waals surface area contributed by atoms with Gasteiger partial charge in [0.15, 0.2) is 5.75 Å². The Kier molecular flexibility index (Phi) is 4.10. The summed E-state index contributed by atoms with van der Waals surface area (Å²) in [4.78, 5) is 23.8. The van der Waals surface area contributed by atoms with Gasteiger partial charge in [-0.3, -0.25) is 9.59 Å². The standard InChI is InChI=1S/C14H13ClN2O3/c1-17-8-13(20-2)12(18)7-11(17)14(19)16-10-5-3-9(15)4-6-10/h3-8H,1-2H3,(H,16,19). The van der Waals surface area contributed by atoms with E-state index in [2.05, 4.69) is 5.32 Å². The van der Waals surface area contributed by atoms with Gasteiger partial charge >= 0.3 is 0 Å². The van der Waals surface area contributed by atoms with Crippen LogP contribution in [-0.4, -0.2) is 17.6 Å². The Morgan fingerprint density at radius 2 is 1.95 bits per heavy atom. The van der Waals surface area contributed by atoms with Crippen molar-refractivity contribution >= 4 is 23.2 Å². The molecule has 1 heterocycles. The highest BCUT2D eigenvalue weighted by Crippen LogP contribution is 2.14. The Balaban J connectivity index is 2.27. The molecule has 0 radical (unpaired) electrons. The zero-order chi connectivity index (χ0) is 14.7. The van der Waals surface area contributed by atoms with Gasteiger partial charge in [0, 0.05) is 23.8 Å². The van der Waals surface area contributed by atoms with Crippen molar-refractivity contribution in [2.75, 3.05) is 12.4 Å². The summed E-state index contributed by atoms with van der Waals surface area (Å²) in [6.45, 7) is 0. The number of ether oxygens (including phenoxy) is 1. The maximum absolute atomic E-state index is 12.1. The first-order valence-corrected chi connectivity index (χ1v) is 6.20. The Morgan fingerprint density at radius 3 is 2.55 bits per heavy atom. The Morgan fingerprint density at radius 1 is 1.30 bits per heavy atom. The first kappa shape index (κ1) is 14.1. The summed E-state index contributed by atoms with van der Waals surface area (Å²) in [7, 11) is 3.07. The first-order chi connectivity index (χ1) is 9.51. The molecular formula is C14H13ClN2O3. The van der Waals surface area contributed by atoms with Gasteiger partial charge in [0.2, 0.25) is 5.43 Å². The van der Waals surface area contributed by atoms with Crippen molar-refractivity contribution in [1.82, 2.24) is 4.57 Å². The van der Waals surface area contributed by atoms with Gasteiger partial charge in [0.1, 0.15) is 5.69 Å². The maximum Gasteiger partial charge on any atom is 0.272 e. The van der Waals surface area contributed by atoms with E-state index in [-0.39, 0.29) is 22.8 Å². The average molecular weight is 293 g/mol. The molecule has 20 heavy (non-hydrogen) atoms. The third-order valence-corrected chi connectivity index (χ3v) is 3.01. The van der Waals surface area contributed by atoms with Gasteiger partial charge in [-0.25, -0.2) is 0 Å². The number of methoxy groups -OCH3 is 1. The monoisotopic (exact) mass is 292 g/mol. The van der Waals surface area contributed by atoms with E-state index in [1.54, 1.807) is 31.3 Å². The van der Waals surface area contributed by atoms with E-state index < -0.39 is 0 Å². The number of carbonyl (C=O) groups excluding carboxylic acids is 1. The van der Waals surface area contributed by atoms with Gasteiger partial charge < -0.3 is 14.6 Å². The molecule has 1 aromatic heterocycles. The van der Waals surface area contributed by atoms with Gasteiger partial charge in [-0.05, 0) is 24.3 Å². The van der Waals surface area contributed by atoms with E-state index >= 15 is 0 Å². The first-order valence-electron chi connectivity index (χ1n) is 5.83. The van der Waals surface area contributed by atoms with Crippen LogP contribution in [0.25, 0.3) is 0 Å². The van der Waals surface area contributed by atoms with Gasteiger partial charge in [-0.2, -0.15) is 0 Å². The minimum atomic E-state index is -0.380. The van der Waals surface area contributed by atoms with Gasteiger partial charge in [0.05, 0.1) is 13.3 Å². The van der Waals surface area contributed by atoms with Crippen LogP contribution in [0.3, 0.4) is 0 Å². The van der Waals surface area contributed by atoms with Crippen molar-refractivity contribution in [3.05, 3.63) is 57.5 Å². The molecule has 1 aromatic carbocycles. The highest BCUT2D eigenvalue weighted by atomic mass is 35.5. The number of carbonyl (C=O) groups is 1. The fourth-order valence-electron chi connectivity index (χ4n) is 1.71. The van der Waals surface area contributed by atoms with E-state index in [0.29, 0.717) is 10.7 Å². The van der Waals surface area contributed by atoms with E-state index in [0.717, 1.165) is 0 Å². The predicted octanol–water partition coefficient (Wildman–Crippen LogP) is 2.30. The number of hydrogen-bond donors (Lipinski definition) is 1. The van der Waals surface area contributed by atoms with Crippen LogP contribution in [0, 0.1) is 0 Å². The lowest BCUT2D eigenvalue weighted by Gasteiger charge is -2.10. The molecule has 0 aliphatic carbocycles.